The van der Waals surface area contributed by atoms with Crippen molar-refractivity contribution in [1.82, 2.24) is 15.0 Å². The maximum absolute atomic E-state index is 12.6. The molecule has 0 saturated heterocycles. The minimum absolute atomic E-state index is 0.0935. The Hall–Kier alpha value is -3.23. The highest BCUT2D eigenvalue weighted by Gasteiger charge is 2.31. The lowest BCUT2D eigenvalue weighted by molar-refractivity contribution is -0.119. The van der Waals surface area contributed by atoms with E-state index in [1.54, 1.807) is 26.0 Å². The Morgan fingerprint density at radius 1 is 1.07 bits per heavy atom. The van der Waals surface area contributed by atoms with Gasteiger partial charge in [-0.15, -0.1) is 5.10 Å². The summed E-state index contributed by atoms with van der Waals surface area (Å²) in [5, 5.41) is 10.3. The zero-order chi connectivity index (χ0) is 20.0. The molecule has 0 saturated carbocycles. The number of esters is 2. The Morgan fingerprint density at radius 3 is 2.26 bits per heavy atom. The lowest BCUT2D eigenvalue weighted by atomic mass is 10.2. The van der Waals surface area contributed by atoms with Crippen LogP contribution in [-0.2, 0) is 14.3 Å². The fourth-order valence-electron chi connectivity index (χ4n) is 2.29. The predicted molar refractivity (Wildman–Crippen MR) is 96.5 cm³/mol. The number of aromatic nitrogens is 3. The van der Waals surface area contributed by atoms with E-state index in [0.717, 1.165) is 10.2 Å². The van der Waals surface area contributed by atoms with Crippen molar-refractivity contribution < 1.29 is 23.9 Å². The van der Waals surface area contributed by atoms with Gasteiger partial charge in [0.25, 0.3) is 0 Å². The number of aryl methyl sites for hydroxylation is 1. The van der Waals surface area contributed by atoms with Crippen molar-refractivity contribution in [3.63, 3.8) is 0 Å². The molecule has 0 aliphatic rings. The Kier molecular flexibility index (Phi) is 6.64. The first-order chi connectivity index (χ1) is 12.9. The third-order valence-electron chi connectivity index (χ3n) is 3.70. The normalized spacial score (nSPS) is 11.6. The van der Waals surface area contributed by atoms with Gasteiger partial charge in [-0.1, -0.05) is 22.9 Å². The van der Waals surface area contributed by atoms with Crippen molar-refractivity contribution in [2.24, 2.45) is 0 Å². The lowest BCUT2D eigenvalue weighted by Crippen LogP contribution is -2.28. The fraction of sp³-hybridized carbons (Fsp3) is 0.389. The molecule has 0 spiro atoms. The van der Waals surface area contributed by atoms with Crippen molar-refractivity contribution in [3.8, 4) is 0 Å². The van der Waals surface area contributed by atoms with Crippen molar-refractivity contribution in [1.29, 1.82) is 0 Å². The third-order valence-corrected chi connectivity index (χ3v) is 3.70. The zero-order valence-electron chi connectivity index (χ0n) is 15.7. The number of anilines is 1. The van der Waals surface area contributed by atoms with E-state index in [1.807, 2.05) is 19.1 Å². The van der Waals surface area contributed by atoms with Crippen LogP contribution < -0.4 is 5.32 Å². The number of nitrogens with one attached hydrogen (secondary N) is 1. The number of carbonyl (C=O) groups excluding carboxylic acids is 3. The van der Waals surface area contributed by atoms with Crippen LogP contribution >= 0.6 is 0 Å². The molecule has 27 heavy (non-hydrogen) atoms. The number of benzene rings is 1. The topological polar surface area (TPSA) is 112 Å². The fourth-order valence-corrected chi connectivity index (χ4v) is 2.29. The molecule has 0 fully saturated rings. The van der Waals surface area contributed by atoms with Gasteiger partial charge in [0, 0.05) is 5.69 Å². The summed E-state index contributed by atoms with van der Waals surface area (Å²) in [6.45, 7) is 6.93. The van der Waals surface area contributed by atoms with Gasteiger partial charge in [0.2, 0.25) is 11.6 Å². The van der Waals surface area contributed by atoms with E-state index in [-0.39, 0.29) is 24.6 Å². The van der Waals surface area contributed by atoms with E-state index in [9.17, 15) is 14.4 Å². The second kappa shape index (κ2) is 8.93. The molecule has 0 aliphatic heterocycles. The molecule has 9 nitrogen and oxygen atoms in total. The van der Waals surface area contributed by atoms with Crippen molar-refractivity contribution >= 4 is 23.5 Å². The van der Waals surface area contributed by atoms with Crippen LogP contribution in [0.3, 0.4) is 0 Å². The monoisotopic (exact) mass is 374 g/mol. The van der Waals surface area contributed by atoms with Gasteiger partial charge in [0.1, 0.15) is 6.04 Å². The van der Waals surface area contributed by atoms with Gasteiger partial charge in [-0.25, -0.2) is 14.3 Å². The van der Waals surface area contributed by atoms with Crippen LogP contribution in [0.2, 0.25) is 0 Å². The van der Waals surface area contributed by atoms with Gasteiger partial charge in [-0.2, -0.15) is 0 Å². The maximum Gasteiger partial charge on any atom is 0.361 e. The summed E-state index contributed by atoms with van der Waals surface area (Å²) >= 11 is 0. The van der Waals surface area contributed by atoms with Crippen LogP contribution in [-0.4, -0.2) is 46.1 Å². The SMILES string of the molecule is CCOC(=O)c1nnn([C@H](C)C(=O)Nc2ccc(C)cc2)c1C(=O)OCC. The van der Waals surface area contributed by atoms with Crippen LogP contribution in [0, 0.1) is 6.92 Å². The summed E-state index contributed by atoms with van der Waals surface area (Å²) < 4.78 is 10.9. The highest BCUT2D eigenvalue weighted by Crippen LogP contribution is 2.17. The molecular formula is C18H22N4O5. The van der Waals surface area contributed by atoms with Gasteiger partial charge in [0.15, 0.2) is 5.69 Å². The number of hydrogen-bond donors (Lipinski definition) is 1. The Morgan fingerprint density at radius 2 is 1.67 bits per heavy atom. The maximum atomic E-state index is 12.6. The van der Waals surface area contributed by atoms with Gasteiger partial charge >= 0.3 is 11.9 Å². The number of nitrogens with zero attached hydrogens (tertiary/aromatic N) is 3. The Labute approximate surface area is 156 Å². The molecule has 0 aliphatic carbocycles. The predicted octanol–water partition coefficient (Wildman–Crippen LogP) is 2.14. The quantitative estimate of drug-likeness (QED) is 0.739. The molecule has 1 amide bonds. The second-order valence-electron chi connectivity index (χ2n) is 5.70. The van der Waals surface area contributed by atoms with E-state index >= 15 is 0 Å². The summed E-state index contributed by atoms with van der Waals surface area (Å²) in [5.41, 5.74) is 1.15. The summed E-state index contributed by atoms with van der Waals surface area (Å²) in [6.07, 6.45) is 0. The van der Waals surface area contributed by atoms with E-state index < -0.39 is 23.9 Å². The highest BCUT2D eigenvalue weighted by atomic mass is 16.5. The van der Waals surface area contributed by atoms with Crippen molar-refractivity contribution in [2.75, 3.05) is 18.5 Å². The van der Waals surface area contributed by atoms with Crippen molar-refractivity contribution in [2.45, 2.75) is 33.7 Å². The van der Waals surface area contributed by atoms with Crippen LogP contribution in [0.15, 0.2) is 24.3 Å². The van der Waals surface area contributed by atoms with Crippen molar-refractivity contribution in [3.05, 3.63) is 41.2 Å². The minimum atomic E-state index is -0.915. The zero-order valence-corrected chi connectivity index (χ0v) is 15.7. The molecule has 0 radical (unpaired) electrons. The molecule has 144 valence electrons. The van der Waals surface area contributed by atoms with E-state index in [2.05, 4.69) is 15.6 Å². The minimum Gasteiger partial charge on any atom is -0.461 e. The van der Waals surface area contributed by atoms with Gasteiger partial charge in [-0.3, -0.25) is 4.79 Å². The molecule has 9 heteroatoms. The summed E-state index contributed by atoms with van der Waals surface area (Å²) in [7, 11) is 0. The van der Waals surface area contributed by atoms with Crippen LogP contribution in [0.25, 0.3) is 0 Å². The van der Waals surface area contributed by atoms with Crippen LogP contribution in [0.1, 0.15) is 53.4 Å². The first-order valence-corrected chi connectivity index (χ1v) is 8.55. The molecule has 2 rings (SSSR count). The Bertz CT molecular complexity index is 829. The number of rotatable bonds is 7. The number of hydrogen-bond acceptors (Lipinski definition) is 7. The van der Waals surface area contributed by atoms with Crippen LogP contribution in [0.5, 0.6) is 0 Å². The first-order valence-electron chi connectivity index (χ1n) is 8.55. The third kappa shape index (κ3) is 4.69. The standard InChI is InChI=1S/C18H22N4O5/c1-5-26-17(24)14-15(18(25)27-6-2)22(21-20-14)12(4)16(23)19-13-9-7-11(3)8-10-13/h7-10,12H,5-6H2,1-4H3,(H,19,23)/t12-/m1/s1. The number of amides is 1. The van der Waals surface area contributed by atoms with Crippen LogP contribution in [0.4, 0.5) is 5.69 Å². The first kappa shape index (κ1) is 20.1. The lowest BCUT2D eigenvalue weighted by Gasteiger charge is -2.14. The average molecular weight is 374 g/mol. The van der Waals surface area contributed by atoms with E-state index in [4.69, 9.17) is 9.47 Å². The Balaban J connectivity index is 2.31. The molecule has 1 aromatic heterocycles. The molecule has 2 aromatic rings. The van der Waals surface area contributed by atoms with Gasteiger partial charge in [-0.05, 0) is 39.8 Å². The molecular weight excluding hydrogens is 352 g/mol. The molecule has 1 atom stereocenters. The number of ether oxygens (including phenoxy) is 2. The average Bonchev–Trinajstić information content (AvgIpc) is 3.08. The molecule has 0 unspecified atom stereocenters. The smallest absolute Gasteiger partial charge is 0.361 e. The molecule has 1 N–H and O–H groups in total. The van der Waals surface area contributed by atoms with Gasteiger partial charge in [0.05, 0.1) is 13.2 Å². The number of carbonyl (C=O) groups is 3. The van der Waals surface area contributed by atoms with E-state index in [1.165, 1.54) is 6.92 Å². The summed E-state index contributed by atoms with van der Waals surface area (Å²) in [4.78, 5) is 36.9. The summed E-state index contributed by atoms with van der Waals surface area (Å²) in [6, 6.07) is 6.33. The van der Waals surface area contributed by atoms with Gasteiger partial charge < -0.3 is 14.8 Å². The molecule has 1 aromatic carbocycles. The van der Waals surface area contributed by atoms with E-state index in [0.29, 0.717) is 5.69 Å². The molecule has 1 heterocycles. The highest BCUT2D eigenvalue weighted by molar-refractivity contribution is 6.01. The largest absolute Gasteiger partial charge is 0.461 e. The summed E-state index contributed by atoms with van der Waals surface area (Å²) in [5.74, 6) is -2.04. The second-order valence-corrected chi connectivity index (χ2v) is 5.70. The molecule has 0 bridgehead atoms.